The maximum absolute atomic E-state index is 13.5. The molecule has 13 nitrogen and oxygen atoms in total. The standard InChI is InChI=1S/C27H27F3N8O5/c28-27(29,30)16-4-2-1-3-15(16)13-5-7-14(8-6-13)22(41)34-18-12-38-24(32)33-17(11-37-19(39)9-10-20(37)40)21-25(38,26(18,42)43)36-23(31)35-21/h1-8,17-18,21,42-43H,9-12H2,(H2,32,33)(H,34,41)(H3,31,35,36)/t17?,18-,21?,25?/m0/s1. The van der Waals surface area contributed by atoms with Crippen molar-refractivity contribution in [2.24, 2.45) is 21.5 Å². The first-order valence-corrected chi connectivity index (χ1v) is 13.3. The number of hydrogen-bond acceptors (Lipinski definition) is 11. The third-order valence-corrected chi connectivity index (χ3v) is 8.32. The number of benzene rings is 2. The van der Waals surface area contributed by atoms with Crippen LogP contribution in [0.25, 0.3) is 11.1 Å². The van der Waals surface area contributed by atoms with Crippen molar-refractivity contribution in [1.82, 2.24) is 20.4 Å². The summed E-state index contributed by atoms with van der Waals surface area (Å²) < 4.78 is 40.5. The Labute approximate surface area is 242 Å². The quantitative estimate of drug-likeness (QED) is 0.190. The Balaban J connectivity index is 1.25. The predicted octanol–water partition coefficient (Wildman–Crippen LogP) is -0.704. The number of nitrogens with zero attached hydrogens (tertiary/aromatic N) is 4. The van der Waals surface area contributed by atoms with Crippen LogP contribution in [0.15, 0.2) is 58.5 Å². The molecule has 16 heteroatoms. The third-order valence-electron chi connectivity index (χ3n) is 8.32. The molecule has 4 aliphatic rings. The van der Waals surface area contributed by atoms with Gasteiger partial charge in [0, 0.05) is 24.9 Å². The van der Waals surface area contributed by atoms with Gasteiger partial charge >= 0.3 is 6.18 Å². The molecule has 43 heavy (non-hydrogen) atoms. The summed E-state index contributed by atoms with van der Waals surface area (Å²) in [6, 6.07) is 6.94. The van der Waals surface area contributed by atoms with Crippen molar-refractivity contribution in [3.63, 3.8) is 0 Å². The summed E-state index contributed by atoms with van der Waals surface area (Å²) in [5, 5.41) is 28.5. The first kappa shape index (κ1) is 28.4. The first-order chi connectivity index (χ1) is 20.2. The molecule has 0 saturated carbocycles. The van der Waals surface area contributed by atoms with E-state index in [2.05, 4.69) is 20.6 Å². The van der Waals surface area contributed by atoms with Gasteiger partial charge in [-0.05, 0) is 29.3 Å². The number of rotatable bonds is 5. The van der Waals surface area contributed by atoms with Crippen LogP contribution in [0.5, 0.6) is 0 Å². The highest BCUT2D eigenvalue weighted by Gasteiger charge is 2.73. The molecule has 2 aromatic carbocycles. The summed E-state index contributed by atoms with van der Waals surface area (Å²) in [6.07, 6.45) is -4.48. The zero-order valence-electron chi connectivity index (χ0n) is 22.4. The molecule has 4 atom stereocenters. The minimum Gasteiger partial charge on any atom is -0.370 e. The summed E-state index contributed by atoms with van der Waals surface area (Å²) >= 11 is 0. The van der Waals surface area contributed by atoms with Crippen molar-refractivity contribution in [2.75, 3.05) is 13.1 Å². The van der Waals surface area contributed by atoms with Crippen molar-refractivity contribution < 1.29 is 37.8 Å². The van der Waals surface area contributed by atoms with Crippen LogP contribution in [-0.4, -0.2) is 92.3 Å². The Morgan fingerprint density at radius 1 is 1.05 bits per heavy atom. The maximum atomic E-state index is 13.5. The number of amides is 3. The smallest absolute Gasteiger partial charge is 0.370 e. The number of guanidine groups is 2. The monoisotopic (exact) mass is 600 g/mol. The summed E-state index contributed by atoms with van der Waals surface area (Å²) in [5.41, 5.74) is 9.69. The average Bonchev–Trinajstić information content (AvgIpc) is 3.55. The molecular weight excluding hydrogens is 573 g/mol. The van der Waals surface area contributed by atoms with Crippen molar-refractivity contribution in [3.8, 4) is 11.1 Å². The molecule has 0 aliphatic carbocycles. The van der Waals surface area contributed by atoms with E-state index in [1.54, 1.807) is 0 Å². The number of hydrogen-bond donors (Lipinski definition) is 6. The molecule has 3 amide bonds. The number of likely N-dealkylation sites (tertiary alicyclic amines) is 1. The van der Waals surface area contributed by atoms with Crippen molar-refractivity contribution >= 4 is 29.6 Å². The first-order valence-electron chi connectivity index (χ1n) is 13.3. The van der Waals surface area contributed by atoms with Crippen LogP contribution in [-0.2, 0) is 15.8 Å². The number of aliphatic hydroxyl groups is 2. The molecule has 4 aliphatic heterocycles. The number of carbonyl (C=O) groups excluding carboxylic acids is 3. The van der Waals surface area contributed by atoms with Gasteiger partial charge in [-0.15, -0.1) is 0 Å². The predicted molar refractivity (Wildman–Crippen MR) is 145 cm³/mol. The fourth-order valence-electron chi connectivity index (χ4n) is 6.27. The molecule has 0 bridgehead atoms. The zero-order valence-corrected chi connectivity index (χ0v) is 22.4. The number of carbonyl (C=O) groups is 3. The SMILES string of the molecule is NC1=NC2C(CN3C(=O)CCC3=O)N=C(N)N3C[C@H](NC(=O)c4ccc(-c5ccccc5C(F)(F)F)cc4)C(O)(O)C23N1. The van der Waals surface area contributed by atoms with E-state index in [-0.39, 0.29) is 54.5 Å². The van der Waals surface area contributed by atoms with Gasteiger partial charge in [0.15, 0.2) is 17.6 Å². The molecule has 3 unspecified atom stereocenters. The van der Waals surface area contributed by atoms with E-state index in [1.165, 1.54) is 47.4 Å². The fraction of sp³-hybridized carbons (Fsp3) is 0.370. The molecule has 2 fully saturated rings. The number of nitrogens with one attached hydrogen (secondary N) is 2. The van der Waals surface area contributed by atoms with Gasteiger partial charge in [0.2, 0.25) is 17.6 Å². The van der Waals surface area contributed by atoms with E-state index >= 15 is 0 Å². The number of alkyl halides is 3. The lowest BCUT2D eigenvalue weighted by Gasteiger charge is -2.49. The third kappa shape index (κ3) is 4.36. The lowest BCUT2D eigenvalue weighted by atomic mass is 9.84. The van der Waals surface area contributed by atoms with Crippen LogP contribution in [0.1, 0.15) is 28.8 Å². The van der Waals surface area contributed by atoms with E-state index < -0.39 is 59.0 Å². The number of imide groups is 1. The fourth-order valence-corrected chi connectivity index (χ4v) is 6.27. The highest BCUT2D eigenvalue weighted by Crippen LogP contribution is 2.45. The molecule has 4 heterocycles. The summed E-state index contributed by atoms with van der Waals surface area (Å²) in [6.45, 7) is -0.459. The normalized spacial score (nSPS) is 27.8. The minimum atomic E-state index is -4.57. The second-order valence-electron chi connectivity index (χ2n) is 10.8. The minimum absolute atomic E-state index is 0.0451. The Morgan fingerprint density at radius 3 is 2.35 bits per heavy atom. The Morgan fingerprint density at radius 2 is 1.70 bits per heavy atom. The van der Waals surface area contributed by atoms with Crippen molar-refractivity contribution in [3.05, 3.63) is 59.7 Å². The lowest BCUT2D eigenvalue weighted by Crippen LogP contribution is -2.78. The molecule has 2 aromatic rings. The van der Waals surface area contributed by atoms with Gasteiger partial charge in [-0.25, -0.2) is 9.98 Å². The maximum Gasteiger partial charge on any atom is 0.417 e. The van der Waals surface area contributed by atoms with Crippen LogP contribution in [0.4, 0.5) is 13.2 Å². The van der Waals surface area contributed by atoms with Crippen LogP contribution in [0, 0.1) is 0 Å². The molecule has 8 N–H and O–H groups in total. The number of aliphatic imine (C=N–C) groups is 2. The van der Waals surface area contributed by atoms with Crippen LogP contribution >= 0.6 is 0 Å². The van der Waals surface area contributed by atoms with Crippen LogP contribution < -0.4 is 22.1 Å². The highest BCUT2D eigenvalue weighted by atomic mass is 19.4. The van der Waals surface area contributed by atoms with Crippen molar-refractivity contribution in [2.45, 2.75) is 48.6 Å². The van der Waals surface area contributed by atoms with E-state index in [0.717, 1.165) is 11.0 Å². The zero-order chi connectivity index (χ0) is 30.9. The summed E-state index contributed by atoms with van der Waals surface area (Å²) in [5.74, 6) is -4.63. The second kappa shape index (κ2) is 9.67. The van der Waals surface area contributed by atoms with Gasteiger partial charge in [0.05, 0.1) is 18.2 Å². The van der Waals surface area contributed by atoms with Crippen molar-refractivity contribution in [1.29, 1.82) is 0 Å². The Bertz CT molecular complexity index is 1560. The van der Waals surface area contributed by atoms with E-state index in [4.69, 9.17) is 11.5 Å². The van der Waals surface area contributed by atoms with Gasteiger partial charge < -0.3 is 37.2 Å². The van der Waals surface area contributed by atoms with E-state index in [0.29, 0.717) is 0 Å². The lowest BCUT2D eigenvalue weighted by molar-refractivity contribution is -0.230. The number of halogens is 3. The molecule has 1 spiro atoms. The molecule has 226 valence electrons. The molecule has 6 rings (SSSR count). The Kier molecular flexibility index (Phi) is 6.39. The second-order valence-corrected chi connectivity index (χ2v) is 10.8. The summed E-state index contributed by atoms with van der Waals surface area (Å²) in [4.78, 5) is 48.8. The largest absolute Gasteiger partial charge is 0.417 e. The van der Waals surface area contributed by atoms with Gasteiger partial charge in [-0.2, -0.15) is 13.2 Å². The molecule has 2 saturated heterocycles. The topological polar surface area (TPSA) is 199 Å². The highest BCUT2D eigenvalue weighted by molar-refractivity contribution is 6.02. The Hall–Kier alpha value is -4.70. The van der Waals surface area contributed by atoms with Crippen LogP contribution in [0.2, 0.25) is 0 Å². The van der Waals surface area contributed by atoms with Crippen LogP contribution in [0.3, 0.4) is 0 Å². The summed E-state index contributed by atoms with van der Waals surface area (Å²) in [7, 11) is 0. The molecular formula is C27H27F3N8O5. The number of nitrogens with two attached hydrogens (primary N) is 2. The van der Waals surface area contributed by atoms with Gasteiger partial charge in [0.25, 0.3) is 5.91 Å². The molecule has 0 radical (unpaired) electrons. The average molecular weight is 601 g/mol. The van der Waals surface area contributed by atoms with Gasteiger partial charge in [-0.3, -0.25) is 19.3 Å². The van der Waals surface area contributed by atoms with Gasteiger partial charge in [0.1, 0.15) is 12.1 Å². The van der Waals surface area contributed by atoms with E-state index in [1.807, 2.05) is 0 Å². The van der Waals surface area contributed by atoms with Gasteiger partial charge in [-0.1, -0.05) is 30.3 Å². The van der Waals surface area contributed by atoms with E-state index in [9.17, 15) is 37.8 Å². The molecule has 0 aromatic heterocycles.